The number of hydrogen-bond acceptors (Lipinski definition) is 6. The maximum absolute atomic E-state index is 12.9. The van der Waals surface area contributed by atoms with Crippen molar-refractivity contribution in [2.75, 3.05) is 16.9 Å². The highest BCUT2D eigenvalue weighted by molar-refractivity contribution is 7.98. The molecule has 0 spiro atoms. The number of rotatable bonds is 6. The Morgan fingerprint density at radius 3 is 2.56 bits per heavy atom. The molecule has 8 heteroatoms. The van der Waals surface area contributed by atoms with Gasteiger partial charge in [-0.15, -0.1) is 0 Å². The standard InChI is InChI=1S/C28H27N5O2S/c1-17-9-10-21(31-25(34)18-7-6-8-19(13-18)28(2,3)16-29)15-24(17)30-20-11-12-23-22(14-20)26(35)33(4)27(32-23)36-5/h6-15,30H,1-5H3,(H,31,34). The molecule has 0 saturated heterocycles. The van der Waals surface area contributed by atoms with Crippen molar-refractivity contribution < 1.29 is 4.79 Å². The van der Waals surface area contributed by atoms with Gasteiger partial charge in [-0.25, -0.2) is 4.98 Å². The average Bonchev–Trinajstić information content (AvgIpc) is 2.88. The average molecular weight is 498 g/mol. The van der Waals surface area contributed by atoms with Crippen molar-refractivity contribution in [1.29, 1.82) is 5.26 Å². The fraction of sp³-hybridized carbons (Fsp3) is 0.214. The topological polar surface area (TPSA) is 99.8 Å². The third-order valence-corrected chi connectivity index (χ3v) is 6.85. The van der Waals surface area contributed by atoms with E-state index in [-0.39, 0.29) is 11.5 Å². The highest BCUT2D eigenvalue weighted by Gasteiger charge is 2.21. The molecule has 4 rings (SSSR count). The first kappa shape index (κ1) is 25.0. The molecule has 0 saturated carbocycles. The van der Waals surface area contributed by atoms with E-state index in [9.17, 15) is 14.9 Å². The van der Waals surface area contributed by atoms with Crippen molar-refractivity contribution in [2.24, 2.45) is 7.05 Å². The van der Waals surface area contributed by atoms with Gasteiger partial charge in [0.15, 0.2) is 5.16 Å². The largest absolute Gasteiger partial charge is 0.355 e. The van der Waals surface area contributed by atoms with E-state index in [1.807, 2.05) is 63.4 Å². The second kappa shape index (κ2) is 9.88. The summed E-state index contributed by atoms with van der Waals surface area (Å²) in [6.07, 6.45) is 1.89. The molecule has 1 heterocycles. The van der Waals surface area contributed by atoms with Crippen molar-refractivity contribution in [3.05, 3.63) is 87.7 Å². The number of carbonyl (C=O) groups excluding carboxylic acids is 1. The maximum Gasteiger partial charge on any atom is 0.261 e. The van der Waals surface area contributed by atoms with Gasteiger partial charge in [-0.3, -0.25) is 14.2 Å². The number of amides is 1. The molecule has 1 amide bonds. The normalized spacial score (nSPS) is 11.2. The summed E-state index contributed by atoms with van der Waals surface area (Å²) in [6, 6.07) is 20.5. The van der Waals surface area contributed by atoms with Crippen LogP contribution in [-0.2, 0) is 12.5 Å². The first-order valence-corrected chi connectivity index (χ1v) is 12.6. The van der Waals surface area contributed by atoms with Crippen LogP contribution in [0.15, 0.2) is 70.6 Å². The zero-order valence-corrected chi connectivity index (χ0v) is 21.7. The second-order valence-corrected chi connectivity index (χ2v) is 9.89. The number of nitrogens with one attached hydrogen (secondary N) is 2. The van der Waals surface area contributed by atoms with Crippen molar-refractivity contribution in [1.82, 2.24) is 9.55 Å². The summed E-state index contributed by atoms with van der Waals surface area (Å²) >= 11 is 1.43. The summed E-state index contributed by atoms with van der Waals surface area (Å²) in [5.74, 6) is -0.259. The molecule has 2 N–H and O–H groups in total. The molecule has 36 heavy (non-hydrogen) atoms. The van der Waals surface area contributed by atoms with Crippen LogP contribution >= 0.6 is 11.8 Å². The Labute approximate surface area is 214 Å². The number of fused-ring (bicyclic) bond motifs is 1. The Morgan fingerprint density at radius 2 is 1.83 bits per heavy atom. The summed E-state index contributed by atoms with van der Waals surface area (Å²) in [6.45, 7) is 5.61. The van der Waals surface area contributed by atoms with E-state index in [0.29, 0.717) is 27.3 Å². The summed E-state index contributed by atoms with van der Waals surface area (Å²) < 4.78 is 1.55. The molecule has 0 atom stereocenters. The van der Waals surface area contributed by atoms with Gasteiger partial charge < -0.3 is 10.6 Å². The first-order valence-electron chi connectivity index (χ1n) is 11.4. The number of nitrogens with zero attached hydrogens (tertiary/aromatic N) is 3. The first-order chi connectivity index (χ1) is 17.1. The third-order valence-electron chi connectivity index (χ3n) is 6.12. The lowest BCUT2D eigenvalue weighted by Gasteiger charge is -2.17. The van der Waals surface area contributed by atoms with Crippen LogP contribution in [0.4, 0.5) is 17.1 Å². The lowest BCUT2D eigenvalue weighted by molar-refractivity contribution is 0.102. The van der Waals surface area contributed by atoms with Gasteiger partial charge in [0, 0.05) is 29.7 Å². The molecule has 182 valence electrons. The predicted molar refractivity (Wildman–Crippen MR) is 146 cm³/mol. The third kappa shape index (κ3) is 4.97. The zero-order valence-electron chi connectivity index (χ0n) is 20.8. The van der Waals surface area contributed by atoms with Crippen LogP contribution in [0, 0.1) is 18.3 Å². The minimum absolute atomic E-state index is 0.104. The molecule has 0 unspecified atom stereocenters. The summed E-state index contributed by atoms with van der Waals surface area (Å²) in [7, 11) is 1.72. The Bertz CT molecular complexity index is 1580. The van der Waals surface area contributed by atoms with Gasteiger partial charge in [0.2, 0.25) is 0 Å². The van der Waals surface area contributed by atoms with Crippen LogP contribution in [0.5, 0.6) is 0 Å². The van der Waals surface area contributed by atoms with E-state index in [4.69, 9.17) is 0 Å². The number of hydrogen-bond donors (Lipinski definition) is 2. The van der Waals surface area contributed by atoms with E-state index in [1.54, 1.807) is 35.9 Å². The number of benzene rings is 3. The fourth-order valence-electron chi connectivity index (χ4n) is 3.82. The number of anilines is 3. The van der Waals surface area contributed by atoms with Crippen LogP contribution in [0.3, 0.4) is 0 Å². The van der Waals surface area contributed by atoms with Gasteiger partial charge in [0.25, 0.3) is 11.5 Å². The van der Waals surface area contributed by atoms with Crippen LogP contribution in [0.1, 0.15) is 35.3 Å². The lowest BCUT2D eigenvalue weighted by atomic mass is 9.85. The molecule has 7 nitrogen and oxygen atoms in total. The number of carbonyl (C=O) groups is 1. The minimum Gasteiger partial charge on any atom is -0.355 e. The highest BCUT2D eigenvalue weighted by Crippen LogP contribution is 2.27. The molecule has 4 aromatic rings. The van der Waals surface area contributed by atoms with Gasteiger partial charge in [-0.05, 0) is 80.6 Å². The van der Waals surface area contributed by atoms with Gasteiger partial charge in [-0.1, -0.05) is 30.0 Å². The molecule has 0 bridgehead atoms. The molecule has 0 fully saturated rings. The zero-order chi connectivity index (χ0) is 26.0. The Hall–Kier alpha value is -4.09. The predicted octanol–water partition coefficient (Wildman–Crippen LogP) is 5.76. The summed E-state index contributed by atoms with van der Waals surface area (Å²) in [5.41, 5.74) is 4.27. The van der Waals surface area contributed by atoms with Crippen LogP contribution in [0.2, 0.25) is 0 Å². The van der Waals surface area contributed by atoms with E-state index in [0.717, 1.165) is 22.5 Å². The van der Waals surface area contributed by atoms with Crippen molar-refractivity contribution in [2.45, 2.75) is 31.3 Å². The van der Waals surface area contributed by atoms with Gasteiger partial charge >= 0.3 is 0 Å². The number of aryl methyl sites for hydroxylation is 1. The van der Waals surface area contributed by atoms with Gasteiger partial charge in [0.05, 0.1) is 22.4 Å². The molecule has 0 aliphatic carbocycles. The molecule has 1 aromatic heterocycles. The van der Waals surface area contributed by atoms with Crippen molar-refractivity contribution in [3.63, 3.8) is 0 Å². The van der Waals surface area contributed by atoms with Gasteiger partial charge in [-0.2, -0.15) is 5.26 Å². The lowest BCUT2D eigenvalue weighted by Crippen LogP contribution is -2.19. The molecular formula is C28H27N5O2S. The fourth-order valence-corrected chi connectivity index (χ4v) is 4.36. The Kier molecular flexibility index (Phi) is 6.86. The van der Waals surface area contributed by atoms with E-state index in [2.05, 4.69) is 21.7 Å². The van der Waals surface area contributed by atoms with Crippen LogP contribution < -0.4 is 16.2 Å². The Balaban J connectivity index is 1.59. The summed E-state index contributed by atoms with van der Waals surface area (Å²) in [5, 5.41) is 16.9. The van der Waals surface area contributed by atoms with E-state index >= 15 is 0 Å². The van der Waals surface area contributed by atoms with Gasteiger partial charge in [0.1, 0.15) is 0 Å². The molecule has 0 aliphatic heterocycles. The van der Waals surface area contributed by atoms with Crippen LogP contribution in [-0.4, -0.2) is 21.7 Å². The molecule has 0 aliphatic rings. The van der Waals surface area contributed by atoms with Crippen molar-refractivity contribution in [3.8, 4) is 6.07 Å². The second-order valence-electron chi connectivity index (χ2n) is 9.12. The number of nitriles is 1. The highest BCUT2D eigenvalue weighted by atomic mass is 32.2. The quantitative estimate of drug-likeness (QED) is 0.259. The maximum atomic E-state index is 12.9. The molecular weight excluding hydrogens is 470 g/mol. The molecule has 0 radical (unpaired) electrons. The minimum atomic E-state index is -0.690. The number of aromatic nitrogens is 2. The van der Waals surface area contributed by atoms with Crippen LogP contribution in [0.25, 0.3) is 10.9 Å². The SMILES string of the molecule is CSc1nc2ccc(Nc3cc(NC(=O)c4cccc(C(C)(C)C#N)c4)ccc3C)cc2c(=O)n1C. The smallest absolute Gasteiger partial charge is 0.261 e. The Morgan fingerprint density at radius 1 is 1.08 bits per heavy atom. The summed E-state index contributed by atoms with van der Waals surface area (Å²) in [4.78, 5) is 30.3. The van der Waals surface area contributed by atoms with E-state index < -0.39 is 5.41 Å². The molecule has 3 aromatic carbocycles. The number of thioether (sulfide) groups is 1. The van der Waals surface area contributed by atoms with Crippen molar-refractivity contribution >= 4 is 45.6 Å². The van der Waals surface area contributed by atoms with E-state index in [1.165, 1.54) is 11.8 Å². The monoisotopic (exact) mass is 497 g/mol.